The molecule has 0 bridgehead atoms. The topological polar surface area (TPSA) is 119 Å². The molecule has 2 atom stereocenters. The van der Waals surface area contributed by atoms with Gasteiger partial charge in [0.05, 0.1) is 13.0 Å². The lowest BCUT2D eigenvalue weighted by Crippen LogP contribution is -2.33. The van der Waals surface area contributed by atoms with Gasteiger partial charge in [0.2, 0.25) is 5.91 Å². The van der Waals surface area contributed by atoms with Crippen molar-refractivity contribution >= 4 is 22.7 Å². The van der Waals surface area contributed by atoms with Crippen LogP contribution in [0.15, 0.2) is 47.4 Å². The molecule has 0 aliphatic carbocycles. The Labute approximate surface area is 196 Å². The molecule has 1 unspecified atom stereocenters. The molecule has 1 amide bonds. The normalized spacial score (nSPS) is 19.5. The van der Waals surface area contributed by atoms with E-state index < -0.39 is 16.7 Å². The van der Waals surface area contributed by atoms with Crippen LogP contribution >= 0.6 is 10.8 Å². The Kier molecular flexibility index (Phi) is 8.01. The number of carbonyl (C=O) groups is 2. The molecule has 3 rings (SSSR count). The van der Waals surface area contributed by atoms with E-state index in [1.807, 2.05) is 32.0 Å². The number of hydrogen-bond donors (Lipinski definition) is 4. The maximum Gasteiger partial charge on any atom is 0.303 e. The van der Waals surface area contributed by atoms with Crippen molar-refractivity contribution in [2.75, 3.05) is 13.6 Å². The first-order valence-electron chi connectivity index (χ1n) is 10.9. The Morgan fingerprint density at radius 3 is 2.67 bits per heavy atom. The van der Waals surface area contributed by atoms with Crippen LogP contribution in [0.2, 0.25) is 0 Å². The van der Waals surface area contributed by atoms with Gasteiger partial charge >= 0.3 is 5.97 Å². The smallest absolute Gasteiger partial charge is 0.303 e. The fraction of sp³-hybridized carbons (Fsp3) is 0.417. The highest BCUT2D eigenvalue weighted by Crippen LogP contribution is 2.57. The van der Waals surface area contributed by atoms with Gasteiger partial charge in [-0.2, -0.15) is 4.31 Å². The van der Waals surface area contributed by atoms with E-state index in [1.54, 1.807) is 35.6 Å². The standard InChI is InChI=1S/C24H32N2O6S/c1-16-8-9-18(19(13-24(28)29)10-11-23(27)25-3)12-20(16)15-26-14-17(2)32-21-6-4-5-7-22(21)33(26,30)31/h4-9,12,17,19,30-31H,10-11,13-15H2,1-3H3,(H,25,27)(H,28,29)/t17-,19?/m0/s1. The lowest BCUT2D eigenvalue weighted by Gasteiger charge is -2.42. The number of nitrogens with zero attached hydrogens (tertiary/aromatic N) is 1. The van der Waals surface area contributed by atoms with Gasteiger partial charge < -0.3 is 15.2 Å². The number of carboxylic acids is 1. The van der Waals surface area contributed by atoms with Crippen molar-refractivity contribution in [3.8, 4) is 5.75 Å². The molecule has 4 N–H and O–H groups in total. The Morgan fingerprint density at radius 1 is 1.24 bits per heavy atom. The third kappa shape index (κ3) is 6.05. The fourth-order valence-electron chi connectivity index (χ4n) is 4.05. The summed E-state index contributed by atoms with van der Waals surface area (Å²) in [6.45, 7) is 4.40. The highest BCUT2D eigenvalue weighted by atomic mass is 32.3. The minimum atomic E-state index is -3.28. The molecule has 9 heteroatoms. The molecular formula is C24H32N2O6S. The van der Waals surface area contributed by atoms with Gasteiger partial charge in [-0.25, -0.2) is 0 Å². The number of aryl methyl sites for hydroxylation is 1. The summed E-state index contributed by atoms with van der Waals surface area (Å²) in [5.41, 5.74) is 2.65. The number of carbonyl (C=O) groups excluding carboxylic acids is 1. The second-order valence-electron chi connectivity index (χ2n) is 8.41. The van der Waals surface area contributed by atoms with Gasteiger partial charge in [-0.3, -0.25) is 18.7 Å². The van der Waals surface area contributed by atoms with Gasteiger partial charge in [0, 0.05) is 20.0 Å². The van der Waals surface area contributed by atoms with E-state index in [1.165, 1.54) is 0 Å². The molecule has 1 aliphatic heterocycles. The average Bonchev–Trinajstić information content (AvgIpc) is 2.86. The first-order chi connectivity index (χ1) is 15.6. The zero-order valence-corrected chi connectivity index (χ0v) is 20.0. The third-order valence-electron chi connectivity index (χ3n) is 5.90. The van der Waals surface area contributed by atoms with Crippen molar-refractivity contribution in [1.82, 2.24) is 9.62 Å². The zero-order valence-electron chi connectivity index (χ0n) is 19.2. The van der Waals surface area contributed by atoms with Crippen molar-refractivity contribution < 1.29 is 28.5 Å². The van der Waals surface area contributed by atoms with Crippen LogP contribution in [-0.2, 0) is 16.1 Å². The van der Waals surface area contributed by atoms with Gasteiger partial charge in [-0.05, 0) is 55.0 Å². The van der Waals surface area contributed by atoms with Crippen LogP contribution in [0, 0.1) is 6.92 Å². The number of benzene rings is 2. The van der Waals surface area contributed by atoms with E-state index in [9.17, 15) is 23.8 Å². The summed E-state index contributed by atoms with van der Waals surface area (Å²) >= 11 is 0. The summed E-state index contributed by atoms with van der Waals surface area (Å²) in [7, 11) is -1.73. The maximum absolute atomic E-state index is 11.7. The second-order valence-corrected chi connectivity index (χ2v) is 10.4. The van der Waals surface area contributed by atoms with Gasteiger partial charge in [-0.1, -0.05) is 30.3 Å². The Balaban J connectivity index is 1.91. The first-order valence-corrected chi connectivity index (χ1v) is 12.4. The van der Waals surface area contributed by atoms with Crippen molar-refractivity contribution in [2.45, 2.75) is 56.6 Å². The van der Waals surface area contributed by atoms with Crippen molar-refractivity contribution in [2.24, 2.45) is 0 Å². The molecule has 2 aromatic rings. The van der Waals surface area contributed by atoms with Crippen LogP contribution < -0.4 is 10.1 Å². The quantitative estimate of drug-likeness (QED) is 0.446. The highest BCUT2D eigenvalue weighted by Gasteiger charge is 2.34. The summed E-state index contributed by atoms with van der Waals surface area (Å²) in [6, 6.07) is 12.7. The number of aliphatic carboxylic acids is 1. The number of carboxylic acid groups (broad SMARTS) is 1. The Hall–Kier alpha value is -2.59. The number of amides is 1. The minimum Gasteiger partial charge on any atom is -0.487 e. The lowest BCUT2D eigenvalue weighted by molar-refractivity contribution is -0.137. The number of hydrogen-bond acceptors (Lipinski definition) is 6. The lowest BCUT2D eigenvalue weighted by atomic mass is 9.89. The summed E-state index contributed by atoms with van der Waals surface area (Å²) in [5.74, 6) is -0.924. The van der Waals surface area contributed by atoms with Gasteiger partial charge in [0.1, 0.15) is 16.7 Å². The molecule has 2 aromatic carbocycles. The average molecular weight is 477 g/mol. The molecule has 0 saturated heterocycles. The molecule has 0 fully saturated rings. The highest BCUT2D eigenvalue weighted by molar-refractivity contribution is 8.22. The predicted octanol–water partition coefficient (Wildman–Crippen LogP) is 4.39. The number of para-hydroxylation sites is 1. The Morgan fingerprint density at radius 2 is 1.97 bits per heavy atom. The molecule has 8 nitrogen and oxygen atoms in total. The maximum atomic E-state index is 11.7. The second kappa shape index (κ2) is 10.6. The predicted molar refractivity (Wildman–Crippen MR) is 128 cm³/mol. The third-order valence-corrected chi connectivity index (χ3v) is 7.83. The van der Waals surface area contributed by atoms with Gasteiger partial charge in [0.15, 0.2) is 0 Å². The molecule has 180 valence electrons. The SMILES string of the molecule is CNC(=O)CCC(CC(=O)O)c1ccc(C)c(CN2C[C@H](C)Oc3ccccc3S2(O)O)c1. The van der Waals surface area contributed by atoms with Crippen LogP contribution in [-0.4, -0.2) is 50.1 Å². The van der Waals surface area contributed by atoms with Crippen LogP contribution in [0.25, 0.3) is 0 Å². The minimum absolute atomic E-state index is 0.0867. The zero-order chi connectivity index (χ0) is 24.2. The van der Waals surface area contributed by atoms with E-state index in [2.05, 4.69) is 5.32 Å². The molecule has 1 aliphatic rings. The number of ether oxygens (including phenoxy) is 1. The molecule has 0 saturated carbocycles. The first kappa shape index (κ1) is 25.0. The van der Waals surface area contributed by atoms with Gasteiger partial charge in [0.25, 0.3) is 0 Å². The van der Waals surface area contributed by atoms with Crippen LogP contribution in [0.4, 0.5) is 0 Å². The summed E-state index contributed by atoms with van der Waals surface area (Å²) < 4.78 is 29.9. The monoisotopic (exact) mass is 476 g/mol. The molecule has 0 spiro atoms. The fourth-order valence-corrected chi connectivity index (χ4v) is 5.71. The van der Waals surface area contributed by atoms with E-state index in [-0.39, 0.29) is 37.3 Å². The molecule has 0 aromatic heterocycles. The van der Waals surface area contributed by atoms with Crippen molar-refractivity contribution in [1.29, 1.82) is 0 Å². The number of nitrogens with one attached hydrogen (secondary N) is 1. The summed E-state index contributed by atoms with van der Waals surface area (Å²) in [5, 5.41) is 12.0. The number of rotatable bonds is 8. The van der Waals surface area contributed by atoms with Crippen LogP contribution in [0.3, 0.4) is 0 Å². The van der Waals surface area contributed by atoms with E-state index >= 15 is 0 Å². The molecule has 33 heavy (non-hydrogen) atoms. The largest absolute Gasteiger partial charge is 0.487 e. The Bertz CT molecular complexity index is 1010. The summed E-state index contributed by atoms with van der Waals surface area (Å²) in [6.07, 6.45) is 0.300. The van der Waals surface area contributed by atoms with E-state index in [0.717, 1.165) is 16.7 Å². The van der Waals surface area contributed by atoms with Crippen LogP contribution in [0.5, 0.6) is 5.75 Å². The number of fused-ring (bicyclic) bond motifs is 1. The van der Waals surface area contributed by atoms with Gasteiger partial charge in [-0.15, -0.1) is 10.8 Å². The molecular weight excluding hydrogens is 444 g/mol. The van der Waals surface area contributed by atoms with Crippen LogP contribution in [0.1, 0.15) is 48.8 Å². The van der Waals surface area contributed by atoms with E-state index in [4.69, 9.17) is 4.74 Å². The molecule has 1 heterocycles. The molecule has 0 radical (unpaired) electrons. The van der Waals surface area contributed by atoms with E-state index in [0.29, 0.717) is 23.6 Å². The van der Waals surface area contributed by atoms with Crippen molar-refractivity contribution in [3.05, 3.63) is 59.2 Å². The summed E-state index contributed by atoms with van der Waals surface area (Å²) in [4.78, 5) is 23.5. The van der Waals surface area contributed by atoms with Crippen molar-refractivity contribution in [3.63, 3.8) is 0 Å².